The molecule has 0 bridgehead atoms. The summed E-state index contributed by atoms with van der Waals surface area (Å²) in [6, 6.07) is 7.37. The van der Waals surface area contributed by atoms with Crippen LogP contribution in [0.3, 0.4) is 0 Å². The first kappa shape index (κ1) is 21.5. The van der Waals surface area contributed by atoms with Crippen LogP contribution < -0.4 is 14.4 Å². The number of rotatable bonds is 7. The lowest BCUT2D eigenvalue weighted by Crippen LogP contribution is -2.29. The molecule has 3 aromatic rings. The van der Waals surface area contributed by atoms with E-state index in [0.717, 1.165) is 6.07 Å². The first-order chi connectivity index (χ1) is 14.4. The minimum Gasteiger partial charge on any atom is -0.593 e. The van der Waals surface area contributed by atoms with Crippen molar-refractivity contribution in [2.24, 2.45) is 0 Å². The molecule has 0 saturated heterocycles. The van der Waals surface area contributed by atoms with Gasteiger partial charge in [-0.25, -0.2) is 18.7 Å². The number of hydrogen-bond donors (Lipinski definition) is 1. The molecular weight excluding hydrogens is 412 g/mol. The van der Waals surface area contributed by atoms with E-state index < -0.39 is 28.7 Å². The number of aromatic nitrogens is 2. The molecule has 1 N–H and O–H groups in total. The van der Waals surface area contributed by atoms with Gasteiger partial charge >= 0.3 is 0 Å². The average Bonchev–Trinajstić information content (AvgIpc) is 2.75. The van der Waals surface area contributed by atoms with E-state index >= 15 is 4.39 Å². The Labute approximate surface area is 175 Å². The lowest BCUT2D eigenvalue weighted by atomic mass is 10.1. The van der Waals surface area contributed by atoms with E-state index in [2.05, 4.69) is 15.3 Å². The van der Waals surface area contributed by atoms with Gasteiger partial charge in [-0.15, -0.1) is 0 Å². The third-order valence-electron chi connectivity index (χ3n) is 4.37. The monoisotopic (exact) mass is 431 g/mol. The third kappa shape index (κ3) is 4.08. The van der Waals surface area contributed by atoms with Crippen LogP contribution in [0.25, 0.3) is 11.0 Å². The number of hydrogen-bond acceptors (Lipinski definition) is 7. The van der Waals surface area contributed by atoms with Crippen LogP contribution in [0.4, 0.5) is 25.8 Å². The topological polar surface area (TPSA) is 97.1 Å². The van der Waals surface area contributed by atoms with Crippen LogP contribution in [-0.4, -0.2) is 34.4 Å². The van der Waals surface area contributed by atoms with Gasteiger partial charge in [-0.3, -0.25) is 0 Å². The molecule has 0 saturated carbocycles. The molecule has 156 valence electrons. The first-order valence-electron chi connectivity index (χ1n) is 9.02. The molecule has 0 amide bonds. The van der Waals surface area contributed by atoms with Crippen LogP contribution in [-0.2, 0) is 11.4 Å². The van der Waals surface area contributed by atoms with Gasteiger partial charge in [0.05, 0.1) is 42.9 Å². The van der Waals surface area contributed by atoms with Gasteiger partial charge in [0.1, 0.15) is 40.1 Å². The predicted octanol–water partition coefficient (Wildman–Crippen LogP) is 4.04. The van der Waals surface area contributed by atoms with E-state index in [0.29, 0.717) is 17.7 Å². The molecule has 0 aliphatic rings. The van der Waals surface area contributed by atoms with Crippen molar-refractivity contribution in [3.8, 4) is 11.9 Å². The minimum absolute atomic E-state index is 0.0218. The zero-order valence-corrected chi connectivity index (χ0v) is 17.4. The minimum atomic E-state index is -1.46. The molecule has 3 rings (SSSR count). The maximum atomic E-state index is 15.1. The molecule has 7 nitrogen and oxygen atoms in total. The van der Waals surface area contributed by atoms with Crippen molar-refractivity contribution < 1.29 is 18.1 Å². The number of nitriles is 1. The Balaban J connectivity index is 2.07. The molecular formula is C20H19F2N5O2S. The molecule has 30 heavy (non-hydrogen) atoms. The van der Waals surface area contributed by atoms with Crippen LogP contribution in [0, 0.1) is 23.0 Å². The van der Waals surface area contributed by atoms with Gasteiger partial charge in [0.15, 0.2) is 5.82 Å². The van der Waals surface area contributed by atoms with Crippen LogP contribution in [0.2, 0.25) is 0 Å². The molecule has 0 fully saturated rings. The summed E-state index contributed by atoms with van der Waals surface area (Å²) < 4.78 is 48.1. The smallest absolute Gasteiger partial charge is 0.232 e. The van der Waals surface area contributed by atoms with Crippen molar-refractivity contribution >= 4 is 39.5 Å². The fraction of sp³-hybridized carbons (Fsp3) is 0.250. The Morgan fingerprint density at radius 2 is 2.07 bits per heavy atom. The number of nitrogens with one attached hydrogen (secondary N) is 1. The molecule has 0 aliphatic carbocycles. The highest BCUT2D eigenvalue weighted by Gasteiger charge is 2.23. The van der Waals surface area contributed by atoms with Crippen LogP contribution in [0.15, 0.2) is 30.5 Å². The summed E-state index contributed by atoms with van der Waals surface area (Å²) in [4.78, 5) is 8.38. The van der Waals surface area contributed by atoms with Gasteiger partial charge in [0, 0.05) is 0 Å². The number of fused-ring (bicyclic) bond motifs is 1. The van der Waals surface area contributed by atoms with Crippen molar-refractivity contribution in [2.75, 3.05) is 29.5 Å². The highest BCUT2D eigenvalue weighted by atomic mass is 32.2. The van der Waals surface area contributed by atoms with E-state index in [1.807, 2.05) is 13.0 Å². The number of benzene rings is 2. The van der Waals surface area contributed by atoms with Gasteiger partial charge in [-0.05, 0) is 30.7 Å². The zero-order chi connectivity index (χ0) is 21.8. The Kier molecular flexibility index (Phi) is 6.54. The standard InChI is InChI=1S/C20H19F2N5O2S/c1-4-9-30(28)27(2)16-8-5-13(21)20(18(16)22)25-14-6-7-15-19(12(14)10-23)26-17(29-3)11-24-15/h5-8,11,25H,4,9H2,1-3H3. The first-order valence-corrected chi connectivity index (χ1v) is 10.3. The second kappa shape index (κ2) is 9.11. The summed E-state index contributed by atoms with van der Waals surface area (Å²) >= 11 is -1.46. The van der Waals surface area contributed by atoms with E-state index in [-0.39, 0.29) is 28.3 Å². The van der Waals surface area contributed by atoms with Gasteiger partial charge in [-0.2, -0.15) is 9.57 Å². The van der Waals surface area contributed by atoms with Crippen molar-refractivity contribution in [3.63, 3.8) is 0 Å². The fourth-order valence-corrected chi connectivity index (χ4v) is 3.82. The fourth-order valence-electron chi connectivity index (χ4n) is 2.83. The quantitative estimate of drug-likeness (QED) is 0.564. The highest BCUT2D eigenvalue weighted by Crippen LogP contribution is 2.34. The van der Waals surface area contributed by atoms with Crippen LogP contribution in [0.5, 0.6) is 5.88 Å². The summed E-state index contributed by atoms with van der Waals surface area (Å²) in [5, 5.41) is 12.3. The maximum Gasteiger partial charge on any atom is 0.232 e. The molecule has 1 unspecified atom stereocenters. The van der Waals surface area contributed by atoms with Crippen molar-refractivity contribution in [2.45, 2.75) is 13.3 Å². The van der Waals surface area contributed by atoms with Gasteiger partial charge in [-0.1, -0.05) is 6.92 Å². The molecule has 1 atom stereocenters. The molecule has 2 aromatic carbocycles. The second-order valence-electron chi connectivity index (χ2n) is 6.28. The summed E-state index contributed by atoms with van der Waals surface area (Å²) in [5.74, 6) is -1.22. The number of halogens is 2. The Morgan fingerprint density at radius 1 is 1.30 bits per heavy atom. The van der Waals surface area contributed by atoms with Crippen molar-refractivity contribution in [3.05, 3.63) is 47.7 Å². The summed E-state index contributed by atoms with van der Waals surface area (Å²) in [6.45, 7) is 1.86. The van der Waals surface area contributed by atoms with Crippen LogP contribution >= 0.6 is 0 Å². The Morgan fingerprint density at radius 3 is 2.73 bits per heavy atom. The van der Waals surface area contributed by atoms with E-state index in [1.54, 1.807) is 6.07 Å². The maximum absolute atomic E-state index is 15.1. The normalized spacial score (nSPS) is 11.8. The summed E-state index contributed by atoms with van der Waals surface area (Å²) in [6.07, 6.45) is 2.06. The lowest BCUT2D eigenvalue weighted by Gasteiger charge is -2.23. The van der Waals surface area contributed by atoms with Gasteiger partial charge in [0.2, 0.25) is 5.88 Å². The molecule has 1 heterocycles. The SMILES string of the molecule is CCC[S+]([O-])N(C)c1ccc(F)c(Nc2ccc3ncc(OC)nc3c2C#N)c1F. The highest BCUT2D eigenvalue weighted by molar-refractivity contribution is 7.92. The molecule has 0 spiro atoms. The number of ether oxygens (including phenoxy) is 1. The predicted molar refractivity (Wildman–Crippen MR) is 112 cm³/mol. The summed E-state index contributed by atoms with van der Waals surface area (Å²) in [7, 11) is 2.89. The zero-order valence-electron chi connectivity index (χ0n) is 16.6. The molecule has 1 aromatic heterocycles. The third-order valence-corrected chi connectivity index (χ3v) is 5.93. The van der Waals surface area contributed by atoms with Gasteiger partial charge in [0.25, 0.3) is 0 Å². The average molecular weight is 431 g/mol. The number of anilines is 3. The van der Waals surface area contributed by atoms with Crippen LogP contribution in [0.1, 0.15) is 18.9 Å². The van der Waals surface area contributed by atoms with E-state index in [9.17, 15) is 14.2 Å². The second-order valence-corrected chi connectivity index (χ2v) is 7.88. The Hall–Kier alpha value is -3.16. The molecule has 0 aliphatic heterocycles. The molecule has 10 heteroatoms. The van der Waals surface area contributed by atoms with Crippen molar-refractivity contribution in [1.29, 1.82) is 5.26 Å². The number of nitrogens with zero attached hydrogens (tertiary/aromatic N) is 4. The Bertz CT molecular complexity index is 1120. The summed E-state index contributed by atoms with van der Waals surface area (Å²) in [5.41, 5.74) is 0.402. The van der Waals surface area contributed by atoms with Gasteiger partial charge < -0.3 is 14.6 Å². The van der Waals surface area contributed by atoms with Crippen molar-refractivity contribution in [1.82, 2.24) is 9.97 Å². The van der Waals surface area contributed by atoms with E-state index in [4.69, 9.17) is 4.74 Å². The molecule has 0 radical (unpaired) electrons. The largest absolute Gasteiger partial charge is 0.593 e. The lowest BCUT2D eigenvalue weighted by molar-refractivity contribution is 0.397. The number of methoxy groups -OCH3 is 1. The van der Waals surface area contributed by atoms with E-state index in [1.165, 1.54) is 36.8 Å².